The van der Waals surface area contributed by atoms with Gasteiger partial charge in [-0.15, -0.1) is 0 Å². The molecule has 0 aliphatic heterocycles. The number of halogens is 1. The average Bonchev–Trinajstić information content (AvgIpc) is 2.74. The Labute approximate surface area is 112 Å². The van der Waals surface area contributed by atoms with Crippen molar-refractivity contribution < 1.29 is 4.39 Å². The molecular weight excluding hydrogens is 241 g/mol. The molecule has 0 atom stereocenters. The van der Waals surface area contributed by atoms with Crippen LogP contribution in [-0.4, -0.2) is 9.55 Å². The number of rotatable bonds is 2. The van der Waals surface area contributed by atoms with Crippen molar-refractivity contribution in [3.05, 3.63) is 24.0 Å². The number of hydrogen-bond acceptors (Lipinski definition) is 2. The molecule has 0 amide bonds. The zero-order chi connectivity index (χ0) is 13.4. The molecule has 1 aromatic heterocycles. The molecule has 1 aliphatic carbocycles. The van der Waals surface area contributed by atoms with Gasteiger partial charge in [0.05, 0.1) is 11.0 Å². The SMILES string of the molecule is CCC1CCC(n2c(N)nc3ccc(F)cc32)CC1. The quantitative estimate of drug-likeness (QED) is 0.891. The third-order valence-electron chi connectivity index (χ3n) is 4.44. The first kappa shape index (κ1) is 12.5. The van der Waals surface area contributed by atoms with E-state index in [9.17, 15) is 4.39 Å². The molecule has 1 saturated carbocycles. The Hall–Kier alpha value is -1.58. The molecule has 0 saturated heterocycles. The van der Waals surface area contributed by atoms with E-state index in [1.165, 1.54) is 25.3 Å². The Balaban J connectivity index is 1.96. The van der Waals surface area contributed by atoms with E-state index in [1.54, 1.807) is 12.1 Å². The zero-order valence-electron chi connectivity index (χ0n) is 11.3. The second-order valence-corrected chi connectivity index (χ2v) is 5.56. The van der Waals surface area contributed by atoms with Gasteiger partial charge in [0.15, 0.2) is 0 Å². The highest BCUT2D eigenvalue weighted by molar-refractivity contribution is 5.78. The van der Waals surface area contributed by atoms with Gasteiger partial charge in [0.25, 0.3) is 0 Å². The molecule has 19 heavy (non-hydrogen) atoms. The van der Waals surface area contributed by atoms with Crippen LogP contribution in [0.15, 0.2) is 18.2 Å². The fraction of sp³-hybridized carbons (Fsp3) is 0.533. The Bertz CT molecular complexity index is 582. The van der Waals surface area contributed by atoms with Gasteiger partial charge in [-0.25, -0.2) is 9.37 Å². The van der Waals surface area contributed by atoms with Crippen molar-refractivity contribution in [1.82, 2.24) is 9.55 Å². The second kappa shape index (κ2) is 4.83. The van der Waals surface area contributed by atoms with Crippen LogP contribution < -0.4 is 5.73 Å². The Morgan fingerprint density at radius 2 is 2.05 bits per heavy atom. The van der Waals surface area contributed by atoms with E-state index >= 15 is 0 Å². The summed E-state index contributed by atoms with van der Waals surface area (Å²) in [4.78, 5) is 4.34. The van der Waals surface area contributed by atoms with Crippen LogP contribution in [0.1, 0.15) is 45.1 Å². The number of imidazole rings is 1. The van der Waals surface area contributed by atoms with Crippen molar-refractivity contribution in [1.29, 1.82) is 0 Å². The van der Waals surface area contributed by atoms with E-state index in [4.69, 9.17) is 5.73 Å². The number of hydrogen-bond donors (Lipinski definition) is 1. The van der Waals surface area contributed by atoms with Crippen molar-refractivity contribution in [2.24, 2.45) is 5.92 Å². The first-order valence-electron chi connectivity index (χ1n) is 7.12. The maximum absolute atomic E-state index is 13.4. The molecule has 2 N–H and O–H groups in total. The van der Waals surface area contributed by atoms with Gasteiger partial charge in [-0.2, -0.15) is 0 Å². The van der Waals surface area contributed by atoms with E-state index in [-0.39, 0.29) is 5.82 Å². The predicted molar refractivity (Wildman–Crippen MR) is 75.4 cm³/mol. The summed E-state index contributed by atoms with van der Waals surface area (Å²) in [6.45, 7) is 2.25. The van der Waals surface area contributed by atoms with Crippen molar-refractivity contribution in [3.63, 3.8) is 0 Å². The highest BCUT2D eigenvalue weighted by Gasteiger charge is 2.24. The number of nitrogens with zero attached hydrogens (tertiary/aromatic N) is 2. The first-order valence-corrected chi connectivity index (χ1v) is 7.12. The van der Waals surface area contributed by atoms with Gasteiger partial charge >= 0.3 is 0 Å². The van der Waals surface area contributed by atoms with Gasteiger partial charge in [-0.1, -0.05) is 13.3 Å². The highest BCUT2D eigenvalue weighted by atomic mass is 19.1. The fourth-order valence-electron chi connectivity index (χ4n) is 3.28. The molecule has 102 valence electrons. The molecule has 1 aromatic carbocycles. The number of anilines is 1. The van der Waals surface area contributed by atoms with Crippen molar-refractivity contribution >= 4 is 17.0 Å². The minimum atomic E-state index is -0.226. The van der Waals surface area contributed by atoms with Gasteiger partial charge in [-0.05, 0) is 49.8 Å². The summed E-state index contributed by atoms with van der Waals surface area (Å²) in [5.41, 5.74) is 7.65. The van der Waals surface area contributed by atoms with Crippen LogP contribution in [-0.2, 0) is 0 Å². The summed E-state index contributed by atoms with van der Waals surface area (Å²) in [5, 5.41) is 0. The van der Waals surface area contributed by atoms with Crippen molar-refractivity contribution in [2.75, 3.05) is 5.73 Å². The van der Waals surface area contributed by atoms with E-state index in [0.717, 1.165) is 29.8 Å². The molecule has 1 aliphatic rings. The number of nitrogen functional groups attached to an aromatic ring is 1. The normalized spacial score (nSPS) is 23.9. The van der Waals surface area contributed by atoms with Crippen LogP contribution in [0.25, 0.3) is 11.0 Å². The molecule has 1 heterocycles. The van der Waals surface area contributed by atoms with Crippen LogP contribution in [0.4, 0.5) is 10.3 Å². The second-order valence-electron chi connectivity index (χ2n) is 5.56. The summed E-state index contributed by atoms with van der Waals surface area (Å²) in [7, 11) is 0. The van der Waals surface area contributed by atoms with Crippen LogP contribution in [0.5, 0.6) is 0 Å². The van der Waals surface area contributed by atoms with Gasteiger partial charge < -0.3 is 10.3 Å². The highest BCUT2D eigenvalue weighted by Crippen LogP contribution is 2.37. The number of benzene rings is 1. The van der Waals surface area contributed by atoms with Gasteiger partial charge in [0, 0.05) is 6.04 Å². The summed E-state index contributed by atoms with van der Waals surface area (Å²) >= 11 is 0. The smallest absolute Gasteiger partial charge is 0.201 e. The maximum atomic E-state index is 13.4. The lowest BCUT2D eigenvalue weighted by molar-refractivity contribution is 0.275. The largest absolute Gasteiger partial charge is 0.369 e. The number of nitrogens with two attached hydrogens (primary N) is 1. The maximum Gasteiger partial charge on any atom is 0.201 e. The van der Waals surface area contributed by atoms with Crippen LogP contribution in [0.2, 0.25) is 0 Å². The van der Waals surface area contributed by atoms with E-state index in [2.05, 4.69) is 11.9 Å². The lowest BCUT2D eigenvalue weighted by Crippen LogP contribution is -2.19. The molecule has 2 aromatic rings. The minimum Gasteiger partial charge on any atom is -0.369 e. The molecule has 1 fully saturated rings. The van der Waals surface area contributed by atoms with Crippen LogP contribution in [0.3, 0.4) is 0 Å². The molecule has 3 rings (SSSR count). The molecule has 3 nitrogen and oxygen atoms in total. The molecule has 0 spiro atoms. The molecule has 0 unspecified atom stereocenters. The van der Waals surface area contributed by atoms with Crippen molar-refractivity contribution in [3.8, 4) is 0 Å². The fourth-order valence-corrected chi connectivity index (χ4v) is 3.28. The standard InChI is InChI=1S/C15H20FN3/c1-2-10-3-6-12(7-4-10)19-14-9-11(16)5-8-13(14)18-15(19)17/h5,8-10,12H,2-4,6-7H2,1H3,(H2,17,18). The van der Waals surface area contributed by atoms with E-state index in [1.807, 2.05) is 4.57 Å². The van der Waals surface area contributed by atoms with Gasteiger partial charge in [0.1, 0.15) is 5.82 Å². The molecule has 0 radical (unpaired) electrons. The van der Waals surface area contributed by atoms with E-state index in [0.29, 0.717) is 12.0 Å². The van der Waals surface area contributed by atoms with Crippen LogP contribution in [0, 0.1) is 11.7 Å². The third-order valence-corrected chi connectivity index (χ3v) is 4.44. The lowest BCUT2D eigenvalue weighted by Gasteiger charge is -2.29. The summed E-state index contributed by atoms with van der Waals surface area (Å²) in [6.07, 6.45) is 5.95. The average molecular weight is 261 g/mol. The number of aromatic nitrogens is 2. The van der Waals surface area contributed by atoms with Crippen LogP contribution >= 0.6 is 0 Å². The van der Waals surface area contributed by atoms with E-state index < -0.39 is 0 Å². The number of fused-ring (bicyclic) bond motifs is 1. The first-order chi connectivity index (χ1) is 9.19. The Morgan fingerprint density at radius 1 is 1.32 bits per heavy atom. The zero-order valence-corrected chi connectivity index (χ0v) is 11.3. The molecule has 4 heteroatoms. The lowest BCUT2D eigenvalue weighted by atomic mass is 9.84. The topological polar surface area (TPSA) is 43.8 Å². The van der Waals surface area contributed by atoms with Gasteiger partial charge in [-0.3, -0.25) is 0 Å². The summed E-state index contributed by atoms with van der Waals surface area (Å²) < 4.78 is 15.5. The predicted octanol–water partition coefficient (Wildman–Crippen LogP) is 3.90. The molecule has 0 bridgehead atoms. The summed E-state index contributed by atoms with van der Waals surface area (Å²) in [6, 6.07) is 5.06. The summed E-state index contributed by atoms with van der Waals surface area (Å²) in [5.74, 6) is 1.13. The Morgan fingerprint density at radius 3 is 2.74 bits per heavy atom. The Kier molecular flexibility index (Phi) is 3.17. The molecular formula is C15H20FN3. The van der Waals surface area contributed by atoms with Gasteiger partial charge in [0.2, 0.25) is 5.95 Å². The monoisotopic (exact) mass is 261 g/mol. The van der Waals surface area contributed by atoms with Crippen molar-refractivity contribution in [2.45, 2.75) is 45.1 Å². The third kappa shape index (κ3) is 2.20. The minimum absolute atomic E-state index is 0.226.